The molecule has 0 unspecified atom stereocenters. The number of ether oxygens (including phenoxy) is 1. The lowest BCUT2D eigenvalue weighted by Crippen LogP contribution is -2.33. The molecule has 0 radical (unpaired) electrons. The highest BCUT2D eigenvalue weighted by molar-refractivity contribution is 5.95. The van der Waals surface area contributed by atoms with Gasteiger partial charge < -0.3 is 15.0 Å². The number of alkyl carbamates (subject to hydrolysis) is 1. The summed E-state index contributed by atoms with van der Waals surface area (Å²) in [5.41, 5.74) is 1.13. The van der Waals surface area contributed by atoms with Crippen LogP contribution in [0.4, 0.5) is 16.3 Å². The summed E-state index contributed by atoms with van der Waals surface area (Å²) in [4.78, 5) is 30.2. The van der Waals surface area contributed by atoms with Gasteiger partial charge in [0.15, 0.2) is 5.78 Å². The number of anilines is 2. The average Bonchev–Trinajstić information content (AvgIpc) is 2.66. The summed E-state index contributed by atoms with van der Waals surface area (Å²) in [6.45, 7) is 5.95. The molecule has 0 fully saturated rings. The predicted octanol–water partition coefficient (Wildman–Crippen LogP) is 4.73. The molecule has 6 nitrogen and oxygen atoms in total. The topological polar surface area (TPSA) is 71.5 Å². The van der Waals surface area contributed by atoms with Gasteiger partial charge in [-0.25, -0.2) is 9.78 Å². The highest BCUT2D eigenvalue weighted by Gasteiger charge is 2.15. The molecule has 0 saturated heterocycles. The van der Waals surface area contributed by atoms with Gasteiger partial charge in [-0.15, -0.1) is 0 Å². The van der Waals surface area contributed by atoms with Crippen molar-refractivity contribution in [3.05, 3.63) is 54.2 Å². The molecule has 1 aromatic carbocycles. The van der Waals surface area contributed by atoms with Crippen LogP contribution in [0.1, 0.15) is 50.4 Å². The summed E-state index contributed by atoms with van der Waals surface area (Å²) in [6.07, 6.45) is 3.02. The maximum absolute atomic E-state index is 12.3. The molecule has 1 aromatic heterocycles. The van der Waals surface area contributed by atoms with Gasteiger partial charge in [0, 0.05) is 37.5 Å². The maximum Gasteiger partial charge on any atom is 0.407 e. The first-order chi connectivity index (χ1) is 13.3. The Labute approximate surface area is 166 Å². The predicted molar refractivity (Wildman–Crippen MR) is 111 cm³/mol. The highest BCUT2D eigenvalue weighted by Crippen LogP contribution is 2.21. The van der Waals surface area contributed by atoms with Gasteiger partial charge in [0.25, 0.3) is 0 Å². The van der Waals surface area contributed by atoms with Crippen LogP contribution >= 0.6 is 0 Å². The van der Waals surface area contributed by atoms with Crippen molar-refractivity contribution in [2.75, 3.05) is 18.5 Å². The third-order valence-corrected chi connectivity index (χ3v) is 4.06. The van der Waals surface area contributed by atoms with Crippen LogP contribution in [-0.4, -0.2) is 36.1 Å². The summed E-state index contributed by atoms with van der Waals surface area (Å²) in [7, 11) is 1.94. The minimum atomic E-state index is -0.506. The molecule has 2 rings (SSSR count). The number of unbranched alkanes of at least 4 members (excludes halogenated alkanes) is 1. The Morgan fingerprint density at radius 3 is 2.39 bits per heavy atom. The summed E-state index contributed by atoms with van der Waals surface area (Å²) in [6, 6.07) is 13.6. The number of ketones is 1. The smallest absolute Gasteiger partial charge is 0.407 e. The fourth-order valence-corrected chi connectivity index (χ4v) is 2.59. The average molecular weight is 383 g/mol. The first kappa shape index (κ1) is 21.4. The van der Waals surface area contributed by atoms with E-state index in [1.807, 2.05) is 75.2 Å². The van der Waals surface area contributed by atoms with Crippen molar-refractivity contribution in [1.82, 2.24) is 10.3 Å². The quantitative estimate of drug-likeness (QED) is 0.527. The third kappa shape index (κ3) is 7.02. The van der Waals surface area contributed by atoms with Crippen LogP contribution in [0.5, 0.6) is 0 Å². The molecule has 150 valence electrons. The Hall–Kier alpha value is -2.89. The zero-order chi connectivity index (χ0) is 20.6. The Bertz CT molecular complexity index is 768. The summed E-state index contributed by atoms with van der Waals surface area (Å²) in [5.74, 6) is 0.836. The van der Waals surface area contributed by atoms with E-state index in [1.54, 1.807) is 6.20 Å². The van der Waals surface area contributed by atoms with E-state index in [9.17, 15) is 9.59 Å². The number of benzene rings is 1. The van der Waals surface area contributed by atoms with Crippen molar-refractivity contribution in [1.29, 1.82) is 0 Å². The highest BCUT2D eigenvalue weighted by atomic mass is 16.6. The number of hydrogen-bond acceptors (Lipinski definition) is 5. The lowest BCUT2D eigenvalue weighted by molar-refractivity contribution is 0.0527. The maximum atomic E-state index is 12.3. The molecule has 2 aromatic rings. The molecule has 28 heavy (non-hydrogen) atoms. The van der Waals surface area contributed by atoms with E-state index in [1.165, 1.54) is 0 Å². The van der Waals surface area contributed by atoms with Crippen LogP contribution in [0, 0.1) is 0 Å². The van der Waals surface area contributed by atoms with E-state index in [-0.39, 0.29) is 5.78 Å². The minimum absolute atomic E-state index is 0.0543. The van der Waals surface area contributed by atoms with Gasteiger partial charge in [-0.2, -0.15) is 0 Å². The number of carbonyl (C=O) groups excluding carboxylic acids is 2. The van der Waals surface area contributed by atoms with Gasteiger partial charge in [0.05, 0.1) is 0 Å². The van der Waals surface area contributed by atoms with Crippen LogP contribution in [0.2, 0.25) is 0 Å². The standard InChI is InChI=1S/C22H29N3O3/c1-22(2,3)28-21(27)23-15-9-8-12-19(26)17-13-14-20(24-16-17)25(4)18-10-6-5-7-11-18/h5-7,10-11,13-14,16H,8-9,12,15H2,1-4H3,(H,23,27). The lowest BCUT2D eigenvalue weighted by Gasteiger charge is -2.19. The van der Waals surface area contributed by atoms with Crippen LogP contribution in [0.3, 0.4) is 0 Å². The third-order valence-electron chi connectivity index (χ3n) is 4.06. The SMILES string of the molecule is CN(c1ccccc1)c1ccc(C(=O)CCCCNC(=O)OC(C)(C)C)cn1. The van der Waals surface area contributed by atoms with Crippen molar-refractivity contribution >= 4 is 23.4 Å². The van der Waals surface area contributed by atoms with Crippen molar-refractivity contribution in [2.24, 2.45) is 0 Å². The van der Waals surface area contributed by atoms with E-state index >= 15 is 0 Å². The number of carbonyl (C=O) groups is 2. The van der Waals surface area contributed by atoms with Gasteiger partial charge in [-0.3, -0.25) is 4.79 Å². The first-order valence-electron chi connectivity index (χ1n) is 9.51. The molecule has 0 aliphatic heterocycles. The molecule has 0 bridgehead atoms. The van der Waals surface area contributed by atoms with Gasteiger partial charge in [0.2, 0.25) is 0 Å². The van der Waals surface area contributed by atoms with E-state index < -0.39 is 11.7 Å². The van der Waals surface area contributed by atoms with Crippen molar-refractivity contribution in [3.8, 4) is 0 Å². The number of aromatic nitrogens is 1. The second kappa shape index (κ2) is 9.88. The molecular weight excluding hydrogens is 354 g/mol. The Morgan fingerprint density at radius 2 is 1.79 bits per heavy atom. The van der Waals surface area contributed by atoms with Crippen LogP contribution in [0.15, 0.2) is 48.7 Å². The number of amides is 1. The fraction of sp³-hybridized carbons (Fsp3) is 0.409. The number of hydrogen-bond donors (Lipinski definition) is 1. The number of pyridine rings is 1. The first-order valence-corrected chi connectivity index (χ1v) is 9.51. The van der Waals surface area contributed by atoms with Crippen molar-refractivity contribution in [2.45, 2.75) is 45.6 Å². The van der Waals surface area contributed by atoms with Crippen molar-refractivity contribution in [3.63, 3.8) is 0 Å². The van der Waals surface area contributed by atoms with Gasteiger partial charge in [-0.05, 0) is 57.9 Å². The van der Waals surface area contributed by atoms with Gasteiger partial charge >= 0.3 is 6.09 Å². The van der Waals surface area contributed by atoms with Gasteiger partial charge in [-0.1, -0.05) is 18.2 Å². The Kier molecular flexibility index (Phi) is 7.55. The van der Waals surface area contributed by atoms with E-state index in [2.05, 4.69) is 10.3 Å². The minimum Gasteiger partial charge on any atom is -0.444 e. The molecule has 0 aliphatic rings. The van der Waals surface area contributed by atoms with Crippen LogP contribution in [-0.2, 0) is 4.74 Å². The summed E-state index contributed by atoms with van der Waals surface area (Å²) >= 11 is 0. The second-order valence-electron chi connectivity index (χ2n) is 7.61. The Morgan fingerprint density at radius 1 is 1.07 bits per heavy atom. The molecular formula is C22H29N3O3. The largest absolute Gasteiger partial charge is 0.444 e. The van der Waals surface area contributed by atoms with Crippen LogP contribution in [0.25, 0.3) is 0 Å². The molecule has 1 N–H and O–H groups in total. The molecule has 0 saturated carbocycles. The number of para-hydroxylation sites is 1. The van der Waals surface area contributed by atoms with Gasteiger partial charge in [0.1, 0.15) is 11.4 Å². The molecule has 0 aliphatic carbocycles. The Balaban J connectivity index is 1.75. The zero-order valence-electron chi connectivity index (χ0n) is 17.1. The number of nitrogens with one attached hydrogen (secondary N) is 1. The zero-order valence-corrected chi connectivity index (χ0v) is 17.1. The molecule has 6 heteroatoms. The normalized spacial score (nSPS) is 11.0. The van der Waals surface area contributed by atoms with Crippen molar-refractivity contribution < 1.29 is 14.3 Å². The summed E-state index contributed by atoms with van der Waals surface area (Å²) in [5, 5.41) is 2.70. The molecule has 1 heterocycles. The van der Waals surface area contributed by atoms with Crippen LogP contribution < -0.4 is 10.2 Å². The number of rotatable bonds is 8. The molecule has 1 amide bonds. The number of Topliss-reactive ketones (excluding diaryl/α,β-unsaturated/α-hetero) is 1. The summed E-state index contributed by atoms with van der Waals surface area (Å²) < 4.78 is 5.17. The molecule has 0 atom stereocenters. The second-order valence-corrected chi connectivity index (χ2v) is 7.61. The number of nitrogens with zero attached hydrogens (tertiary/aromatic N) is 2. The van der Waals surface area contributed by atoms with E-state index in [0.29, 0.717) is 31.4 Å². The monoisotopic (exact) mass is 383 g/mol. The van der Waals surface area contributed by atoms with E-state index in [4.69, 9.17) is 4.74 Å². The fourth-order valence-electron chi connectivity index (χ4n) is 2.59. The van der Waals surface area contributed by atoms with E-state index in [0.717, 1.165) is 11.5 Å². The molecule has 0 spiro atoms. The lowest BCUT2D eigenvalue weighted by atomic mass is 10.1.